The lowest BCUT2D eigenvalue weighted by atomic mass is 9.69. The number of hydrogen-bond donors (Lipinski definition) is 1. The third kappa shape index (κ3) is 3.24. The molecule has 142 valence electrons. The van der Waals surface area contributed by atoms with E-state index in [1.54, 1.807) is 25.3 Å². The molecule has 0 unspecified atom stereocenters. The summed E-state index contributed by atoms with van der Waals surface area (Å²) in [6.07, 6.45) is 5.14. The minimum absolute atomic E-state index is 0.00466. The van der Waals surface area contributed by atoms with Crippen molar-refractivity contribution in [1.29, 1.82) is 0 Å². The highest BCUT2D eigenvalue weighted by Gasteiger charge is 2.61. The standard InChI is InChI=1S/C20H28N2O3S/c1-5-25-18(24)14-7-6-10-21-17(14)26-12-16(23)22-15-11-13-8-9-20(15,4)19(13,2)3/h6-7,10,13,15H,5,8-9,11-12H2,1-4H3,(H,22,23)/t13-,15-,20-/m1/s1. The highest BCUT2D eigenvalue weighted by molar-refractivity contribution is 8.00. The molecule has 1 heterocycles. The van der Waals surface area contributed by atoms with Gasteiger partial charge in [-0.15, -0.1) is 0 Å². The third-order valence-electron chi connectivity index (χ3n) is 6.74. The monoisotopic (exact) mass is 376 g/mol. The molecular formula is C20H28N2O3S. The van der Waals surface area contributed by atoms with Crippen molar-refractivity contribution in [2.24, 2.45) is 16.7 Å². The Balaban J connectivity index is 1.60. The number of rotatable bonds is 6. The molecule has 0 aliphatic heterocycles. The van der Waals surface area contributed by atoms with Crippen LogP contribution in [0.4, 0.5) is 0 Å². The second-order valence-electron chi connectivity index (χ2n) is 8.10. The number of esters is 1. The number of hydrogen-bond acceptors (Lipinski definition) is 5. The van der Waals surface area contributed by atoms with Crippen molar-refractivity contribution >= 4 is 23.6 Å². The first-order valence-electron chi connectivity index (χ1n) is 9.34. The quantitative estimate of drug-likeness (QED) is 0.606. The predicted molar refractivity (Wildman–Crippen MR) is 102 cm³/mol. The van der Waals surface area contributed by atoms with Crippen LogP contribution in [0.2, 0.25) is 0 Å². The molecule has 2 aliphatic rings. The lowest BCUT2D eigenvalue weighted by Crippen LogP contribution is -2.47. The van der Waals surface area contributed by atoms with Crippen molar-refractivity contribution in [2.45, 2.75) is 58.0 Å². The number of carbonyl (C=O) groups excluding carboxylic acids is 2. The van der Waals surface area contributed by atoms with Gasteiger partial charge in [0.2, 0.25) is 5.91 Å². The Hall–Kier alpha value is -1.56. The molecule has 1 aromatic heterocycles. The second-order valence-corrected chi connectivity index (χ2v) is 9.06. The van der Waals surface area contributed by atoms with E-state index < -0.39 is 5.97 Å². The molecule has 2 saturated carbocycles. The van der Waals surface area contributed by atoms with Gasteiger partial charge in [-0.25, -0.2) is 9.78 Å². The predicted octanol–water partition coefficient (Wildman–Crippen LogP) is 3.68. The Morgan fingerprint density at radius 3 is 2.77 bits per heavy atom. The first kappa shape index (κ1) is 19.2. The fourth-order valence-electron chi connectivity index (χ4n) is 4.66. The van der Waals surface area contributed by atoms with Crippen molar-refractivity contribution < 1.29 is 14.3 Å². The minimum Gasteiger partial charge on any atom is -0.462 e. The van der Waals surface area contributed by atoms with Crippen molar-refractivity contribution in [1.82, 2.24) is 10.3 Å². The lowest BCUT2D eigenvalue weighted by Gasteiger charge is -2.39. The summed E-state index contributed by atoms with van der Waals surface area (Å²) in [5.74, 6) is 0.550. The maximum absolute atomic E-state index is 12.5. The van der Waals surface area contributed by atoms with Crippen LogP contribution in [0.1, 0.15) is 57.3 Å². The van der Waals surface area contributed by atoms with Crippen LogP contribution in [0, 0.1) is 16.7 Å². The van der Waals surface area contributed by atoms with E-state index in [2.05, 4.69) is 31.1 Å². The number of amides is 1. The molecule has 1 aromatic rings. The third-order valence-corrected chi connectivity index (χ3v) is 7.74. The molecule has 3 rings (SSSR count). The molecule has 26 heavy (non-hydrogen) atoms. The number of fused-ring (bicyclic) bond motifs is 2. The van der Waals surface area contributed by atoms with Gasteiger partial charge in [-0.2, -0.15) is 0 Å². The average Bonchev–Trinajstić information content (AvgIpc) is 2.94. The van der Waals surface area contributed by atoms with Gasteiger partial charge in [0.1, 0.15) is 5.03 Å². The molecule has 1 N–H and O–H groups in total. The van der Waals surface area contributed by atoms with Gasteiger partial charge in [0.15, 0.2) is 0 Å². The molecule has 6 heteroatoms. The Morgan fingerprint density at radius 1 is 1.38 bits per heavy atom. The maximum atomic E-state index is 12.5. The fourth-order valence-corrected chi connectivity index (χ4v) is 5.46. The van der Waals surface area contributed by atoms with Gasteiger partial charge in [-0.3, -0.25) is 4.79 Å². The number of thioether (sulfide) groups is 1. The van der Waals surface area contributed by atoms with Gasteiger partial charge in [-0.05, 0) is 55.1 Å². The fraction of sp³-hybridized carbons (Fsp3) is 0.650. The van der Waals surface area contributed by atoms with Gasteiger partial charge < -0.3 is 10.1 Å². The smallest absolute Gasteiger partial charge is 0.340 e. The largest absolute Gasteiger partial charge is 0.462 e. The van der Waals surface area contributed by atoms with Crippen molar-refractivity contribution in [3.05, 3.63) is 23.9 Å². The van der Waals surface area contributed by atoms with Crippen LogP contribution in [0.5, 0.6) is 0 Å². The Morgan fingerprint density at radius 2 is 2.15 bits per heavy atom. The summed E-state index contributed by atoms with van der Waals surface area (Å²) in [7, 11) is 0. The van der Waals surface area contributed by atoms with Crippen LogP contribution in [-0.2, 0) is 9.53 Å². The highest BCUT2D eigenvalue weighted by Crippen LogP contribution is 2.65. The van der Waals surface area contributed by atoms with Gasteiger partial charge in [0, 0.05) is 12.2 Å². The first-order chi connectivity index (χ1) is 12.3. The van der Waals surface area contributed by atoms with Crippen molar-refractivity contribution in [2.75, 3.05) is 12.4 Å². The zero-order valence-electron chi connectivity index (χ0n) is 16.0. The number of carbonyl (C=O) groups is 2. The van der Waals surface area contributed by atoms with Gasteiger partial charge in [0.05, 0.1) is 17.9 Å². The summed E-state index contributed by atoms with van der Waals surface area (Å²) < 4.78 is 5.06. The second kappa shape index (κ2) is 7.22. The zero-order valence-corrected chi connectivity index (χ0v) is 16.8. The normalized spacial score (nSPS) is 28.8. The molecule has 0 saturated heterocycles. The van der Waals surface area contributed by atoms with Crippen molar-refractivity contribution in [3.63, 3.8) is 0 Å². The van der Waals surface area contributed by atoms with Crippen LogP contribution >= 0.6 is 11.8 Å². The van der Waals surface area contributed by atoms with E-state index in [0.29, 0.717) is 23.1 Å². The molecular weight excluding hydrogens is 348 g/mol. The summed E-state index contributed by atoms with van der Waals surface area (Å²) in [5.41, 5.74) is 0.857. The highest BCUT2D eigenvalue weighted by atomic mass is 32.2. The molecule has 0 spiro atoms. The number of aromatic nitrogens is 1. The van der Waals surface area contributed by atoms with E-state index in [9.17, 15) is 9.59 Å². The Labute approximate surface area is 159 Å². The minimum atomic E-state index is -0.397. The molecule has 0 radical (unpaired) electrons. The SMILES string of the molecule is CCOC(=O)c1cccnc1SCC(=O)N[C@@H]1C[C@H]2CC[C@@]1(C)C2(C)C. The van der Waals surface area contributed by atoms with Gasteiger partial charge >= 0.3 is 5.97 Å². The Bertz CT molecular complexity index is 706. The van der Waals surface area contributed by atoms with Crippen LogP contribution in [0.15, 0.2) is 23.4 Å². The van der Waals surface area contributed by atoms with Gasteiger partial charge in [0.25, 0.3) is 0 Å². The van der Waals surface area contributed by atoms with E-state index in [1.165, 1.54) is 24.6 Å². The first-order valence-corrected chi connectivity index (χ1v) is 10.3. The number of ether oxygens (including phenoxy) is 1. The van der Waals surface area contributed by atoms with E-state index in [0.717, 1.165) is 6.42 Å². The zero-order chi connectivity index (χ0) is 18.9. The summed E-state index contributed by atoms with van der Waals surface area (Å²) in [6.45, 7) is 9.08. The summed E-state index contributed by atoms with van der Waals surface area (Å²) in [6, 6.07) is 3.62. The van der Waals surface area contributed by atoms with Crippen LogP contribution in [0.3, 0.4) is 0 Å². The molecule has 0 aromatic carbocycles. The van der Waals surface area contributed by atoms with Gasteiger partial charge in [-0.1, -0.05) is 32.5 Å². The molecule has 2 bridgehead atoms. The number of nitrogens with one attached hydrogen (secondary N) is 1. The molecule has 1 amide bonds. The van der Waals surface area contributed by atoms with Crippen LogP contribution in [-0.4, -0.2) is 35.3 Å². The topological polar surface area (TPSA) is 68.3 Å². The van der Waals surface area contributed by atoms with E-state index in [1.807, 2.05) is 0 Å². The van der Waals surface area contributed by atoms with E-state index >= 15 is 0 Å². The van der Waals surface area contributed by atoms with Crippen molar-refractivity contribution in [3.8, 4) is 0 Å². The molecule has 2 aliphatic carbocycles. The molecule has 2 fully saturated rings. The summed E-state index contributed by atoms with van der Waals surface area (Å²) >= 11 is 1.29. The number of nitrogens with zero attached hydrogens (tertiary/aromatic N) is 1. The van der Waals surface area contributed by atoms with E-state index in [-0.39, 0.29) is 28.5 Å². The van der Waals surface area contributed by atoms with Crippen LogP contribution < -0.4 is 5.32 Å². The number of pyridine rings is 1. The van der Waals surface area contributed by atoms with E-state index in [4.69, 9.17) is 4.74 Å². The summed E-state index contributed by atoms with van der Waals surface area (Å²) in [5, 5.41) is 3.79. The average molecular weight is 377 g/mol. The molecule has 3 atom stereocenters. The molecule has 5 nitrogen and oxygen atoms in total. The van der Waals surface area contributed by atoms with Crippen LogP contribution in [0.25, 0.3) is 0 Å². The summed E-state index contributed by atoms with van der Waals surface area (Å²) in [4.78, 5) is 28.8. The Kier molecular flexibility index (Phi) is 5.33. The lowest BCUT2D eigenvalue weighted by molar-refractivity contribution is -0.120. The maximum Gasteiger partial charge on any atom is 0.340 e.